The van der Waals surface area contributed by atoms with E-state index < -0.39 is 0 Å². The average molecular weight is 349 g/mol. The van der Waals surface area contributed by atoms with Crippen molar-refractivity contribution in [2.45, 2.75) is 32.7 Å². The first-order valence-electron chi connectivity index (χ1n) is 7.21. The van der Waals surface area contributed by atoms with Crippen LogP contribution in [0.15, 0.2) is 34.9 Å². The molecule has 0 saturated heterocycles. The number of ether oxygens (including phenoxy) is 1. The van der Waals surface area contributed by atoms with Crippen LogP contribution in [0.25, 0.3) is 5.69 Å². The third kappa shape index (κ3) is 2.62. The Balaban J connectivity index is 2.16. The van der Waals surface area contributed by atoms with Gasteiger partial charge < -0.3 is 15.0 Å². The zero-order valence-electron chi connectivity index (χ0n) is 12.7. The summed E-state index contributed by atoms with van der Waals surface area (Å²) in [5.41, 5.74) is 10.2. The summed E-state index contributed by atoms with van der Waals surface area (Å²) in [5, 5.41) is 0. The van der Waals surface area contributed by atoms with E-state index in [4.69, 9.17) is 10.5 Å². The topological polar surface area (TPSA) is 40.2 Å². The zero-order valence-corrected chi connectivity index (χ0v) is 14.3. The summed E-state index contributed by atoms with van der Waals surface area (Å²) >= 11 is 3.55. The minimum atomic E-state index is 0.114. The van der Waals surface area contributed by atoms with Gasteiger partial charge in [0.05, 0.1) is 12.8 Å². The fourth-order valence-electron chi connectivity index (χ4n) is 3.31. The highest BCUT2D eigenvalue weighted by molar-refractivity contribution is 9.10. The standard InChI is InChI=1S/C17H21BrN2O/c1-17(2)9-13(19)12-6-7-20(15(12)10-17)14-8-11(18)4-5-16(14)21-3/h4-8,13H,9-10,19H2,1-3H3. The molecule has 1 atom stereocenters. The van der Waals surface area contributed by atoms with Gasteiger partial charge in [-0.2, -0.15) is 0 Å². The molecule has 1 aliphatic carbocycles. The maximum absolute atomic E-state index is 6.36. The van der Waals surface area contributed by atoms with Crippen molar-refractivity contribution < 1.29 is 4.74 Å². The van der Waals surface area contributed by atoms with Gasteiger partial charge in [0.1, 0.15) is 5.75 Å². The number of hydrogen-bond donors (Lipinski definition) is 1. The van der Waals surface area contributed by atoms with E-state index in [0.717, 1.165) is 28.8 Å². The Bertz CT molecular complexity index is 675. The minimum absolute atomic E-state index is 0.114. The molecule has 1 heterocycles. The van der Waals surface area contributed by atoms with Crippen LogP contribution in [0, 0.1) is 5.41 Å². The first-order chi connectivity index (χ1) is 9.91. The van der Waals surface area contributed by atoms with Crippen LogP contribution in [-0.2, 0) is 6.42 Å². The summed E-state index contributed by atoms with van der Waals surface area (Å²) < 4.78 is 8.78. The van der Waals surface area contributed by atoms with Crippen LogP contribution < -0.4 is 10.5 Å². The normalized spacial score (nSPS) is 20.1. The Hall–Kier alpha value is -1.26. The Kier molecular flexibility index (Phi) is 3.62. The van der Waals surface area contributed by atoms with Gasteiger partial charge >= 0.3 is 0 Å². The lowest BCUT2D eigenvalue weighted by molar-refractivity contribution is 0.278. The van der Waals surface area contributed by atoms with Crippen molar-refractivity contribution >= 4 is 15.9 Å². The summed E-state index contributed by atoms with van der Waals surface area (Å²) in [6.45, 7) is 4.57. The molecule has 0 amide bonds. The third-order valence-electron chi connectivity index (χ3n) is 4.25. The molecule has 0 saturated carbocycles. The van der Waals surface area contributed by atoms with Gasteiger partial charge in [-0.05, 0) is 48.1 Å². The SMILES string of the molecule is COc1ccc(Br)cc1-n1ccc2c1CC(C)(C)CC2N. The van der Waals surface area contributed by atoms with Crippen LogP contribution >= 0.6 is 15.9 Å². The highest BCUT2D eigenvalue weighted by atomic mass is 79.9. The van der Waals surface area contributed by atoms with E-state index >= 15 is 0 Å². The molecule has 3 rings (SSSR count). The third-order valence-corrected chi connectivity index (χ3v) is 4.74. The Morgan fingerprint density at radius 3 is 2.81 bits per heavy atom. The van der Waals surface area contributed by atoms with Gasteiger partial charge in [-0.25, -0.2) is 0 Å². The number of halogens is 1. The second-order valence-electron chi connectivity index (χ2n) is 6.56. The summed E-state index contributed by atoms with van der Waals surface area (Å²) in [4.78, 5) is 0. The van der Waals surface area contributed by atoms with E-state index in [1.165, 1.54) is 11.3 Å². The number of methoxy groups -OCH3 is 1. The van der Waals surface area contributed by atoms with Crippen LogP contribution in [0.3, 0.4) is 0 Å². The molecule has 0 spiro atoms. The summed E-state index contributed by atoms with van der Waals surface area (Å²) in [6.07, 6.45) is 4.16. The van der Waals surface area contributed by atoms with E-state index in [9.17, 15) is 0 Å². The average Bonchev–Trinajstić information content (AvgIpc) is 2.80. The number of fused-ring (bicyclic) bond motifs is 1. The van der Waals surface area contributed by atoms with Crippen LogP contribution in [0.5, 0.6) is 5.75 Å². The van der Waals surface area contributed by atoms with Gasteiger partial charge in [0.15, 0.2) is 0 Å². The lowest BCUT2D eigenvalue weighted by atomic mass is 9.74. The maximum atomic E-state index is 6.36. The summed E-state index contributed by atoms with van der Waals surface area (Å²) in [6, 6.07) is 8.33. The molecule has 21 heavy (non-hydrogen) atoms. The number of nitrogens with two attached hydrogens (primary N) is 1. The van der Waals surface area contributed by atoms with E-state index in [-0.39, 0.29) is 11.5 Å². The van der Waals surface area contributed by atoms with Gasteiger partial charge in [0, 0.05) is 22.4 Å². The van der Waals surface area contributed by atoms with Gasteiger partial charge in [-0.3, -0.25) is 0 Å². The highest BCUT2D eigenvalue weighted by Crippen LogP contribution is 2.41. The fourth-order valence-corrected chi connectivity index (χ4v) is 3.66. The lowest BCUT2D eigenvalue weighted by Gasteiger charge is -2.34. The van der Waals surface area contributed by atoms with Crippen LogP contribution in [0.4, 0.5) is 0 Å². The molecule has 1 unspecified atom stereocenters. The molecule has 0 bridgehead atoms. The smallest absolute Gasteiger partial charge is 0.142 e. The van der Waals surface area contributed by atoms with Crippen molar-refractivity contribution in [3.63, 3.8) is 0 Å². The van der Waals surface area contributed by atoms with Gasteiger partial charge in [-0.1, -0.05) is 29.8 Å². The quantitative estimate of drug-likeness (QED) is 0.882. The first kappa shape index (κ1) is 14.7. The number of hydrogen-bond acceptors (Lipinski definition) is 2. The number of aromatic nitrogens is 1. The van der Waals surface area contributed by atoms with Crippen molar-refractivity contribution in [3.05, 3.63) is 46.2 Å². The zero-order chi connectivity index (χ0) is 15.2. The monoisotopic (exact) mass is 348 g/mol. The molecule has 0 aliphatic heterocycles. The molecule has 0 radical (unpaired) electrons. The molecule has 1 aromatic carbocycles. The molecule has 1 aliphatic rings. The molecular weight excluding hydrogens is 328 g/mol. The lowest BCUT2D eigenvalue weighted by Crippen LogP contribution is -2.30. The molecule has 2 aromatic rings. The van der Waals surface area contributed by atoms with Crippen molar-refractivity contribution in [1.29, 1.82) is 0 Å². The van der Waals surface area contributed by atoms with Gasteiger partial charge in [0.2, 0.25) is 0 Å². The second-order valence-corrected chi connectivity index (χ2v) is 7.47. The number of rotatable bonds is 2. The highest BCUT2D eigenvalue weighted by Gasteiger charge is 2.32. The van der Waals surface area contributed by atoms with Gasteiger partial charge in [0.25, 0.3) is 0 Å². The Morgan fingerprint density at radius 2 is 2.10 bits per heavy atom. The van der Waals surface area contributed by atoms with Gasteiger partial charge in [-0.15, -0.1) is 0 Å². The summed E-state index contributed by atoms with van der Waals surface area (Å²) in [5.74, 6) is 0.869. The predicted molar refractivity (Wildman–Crippen MR) is 89.1 cm³/mol. The Labute approximate surface area is 134 Å². The fraction of sp³-hybridized carbons (Fsp3) is 0.412. The van der Waals surface area contributed by atoms with E-state index in [2.05, 4.69) is 52.7 Å². The first-order valence-corrected chi connectivity index (χ1v) is 8.00. The number of nitrogens with zero attached hydrogens (tertiary/aromatic N) is 1. The molecular formula is C17H21BrN2O. The van der Waals surface area contributed by atoms with Crippen molar-refractivity contribution in [1.82, 2.24) is 4.57 Å². The molecule has 4 heteroatoms. The minimum Gasteiger partial charge on any atom is -0.495 e. The molecule has 3 nitrogen and oxygen atoms in total. The Morgan fingerprint density at radius 1 is 1.33 bits per heavy atom. The van der Waals surface area contributed by atoms with E-state index in [1.54, 1.807) is 7.11 Å². The van der Waals surface area contributed by atoms with Crippen molar-refractivity contribution in [2.24, 2.45) is 11.1 Å². The molecule has 0 fully saturated rings. The van der Waals surface area contributed by atoms with E-state index in [1.807, 2.05) is 12.1 Å². The number of benzene rings is 1. The van der Waals surface area contributed by atoms with Crippen LogP contribution in [0.2, 0.25) is 0 Å². The van der Waals surface area contributed by atoms with Crippen molar-refractivity contribution in [3.8, 4) is 11.4 Å². The van der Waals surface area contributed by atoms with E-state index in [0.29, 0.717) is 0 Å². The molecule has 1 aromatic heterocycles. The maximum Gasteiger partial charge on any atom is 0.142 e. The summed E-state index contributed by atoms with van der Waals surface area (Å²) in [7, 11) is 1.71. The largest absolute Gasteiger partial charge is 0.495 e. The second kappa shape index (κ2) is 5.18. The molecule has 112 valence electrons. The van der Waals surface area contributed by atoms with Crippen molar-refractivity contribution in [2.75, 3.05) is 7.11 Å². The predicted octanol–water partition coefficient (Wildman–Crippen LogP) is 4.22. The van der Waals surface area contributed by atoms with Crippen LogP contribution in [-0.4, -0.2) is 11.7 Å². The van der Waals surface area contributed by atoms with Crippen LogP contribution in [0.1, 0.15) is 37.6 Å². The molecule has 2 N–H and O–H groups in total.